The van der Waals surface area contributed by atoms with Crippen LogP contribution in [0.2, 0.25) is 0 Å². The minimum atomic E-state index is 0.0367. The van der Waals surface area contributed by atoms with Crippen molar-refractivity contribution in [2.24, 2.45) is 0 Å². The van der Waals surface area contributed by atoms with Crippen LogP contribution in [0.5, 0.6) is 5.75 Å². The third-order valence-corrected chi connectivity index (χ3v) is 2.89. The third kappa shape index (κ3) is 1.63. The fourth-order valence-corrected chi connectivity index (χ4v) is 1.89. The van der Waals surface area contributed by atoms with E-state index < -0.39 is 0 Å². The first-order valence-corrected chi connectivity index (χ1v) is 5.32. The predicted molar refractivity (Wildman–Crippen MR) is 58.8 cm³/mol. The molecule has 1 saturated carbocycles. The maximum absolute atomic E-state index is 10.1. The van der Waals surface area contributed by atoms with Crippen LogP contribution in [0.4, 0.5) is 0 Å². The van der Waals surface area contributed by atoms with Crippen molar-refractivity contribution in [1.82, 2.24) is 0 Å². The molecule has 1 aromatic rings. The average molecular weight is 190 g/mol. The molecule has 0 aromatic heterocycles. The number of phenols is 1. The van der Waals surface area contributed by atoms with Gasteiger partial charge in [0, 0.05) is 0 Å². The molecule has 0 aliphatic heterocycles. The highest BCUT2D eigenvalue weighted by Gasteiger charge is 2.29. The fourth-order valence-electron chi connectivity index (χ4n) is 1.89. The molecular weight excluding hydrogens is 172 g/mol. The van der Waals surface area contributed by atoms with E-state index in [1.807, 2.05) is 6.07 Å². The van der Waals surface area contributed by atoms with E-state index in [0.717, 1.165) is 11.1 Å². The molecule has 1 aliphatic carbocycles. The summed E-state index contributed by atoms with van der Waals surface area (Å²) >= 11 is 0. The number of hydrogen-bond donors (Lipinski definition) is 1. The molecule has 1 aliphatic rings. The number of aromatic hydroxyl groups is 1. The lowest BCUT2D eigenvalue weighted by Crippen LogP contribution is -2.11. The number of hydrogen-bond acceptors (Lipinski definition) is 1. The average Bonchev–Trinajstić information content (AvgIpc) is 2.85. The largest absolute Gasteiger partial charge is 0.507 e. The molecular formula is C13H18O. The summed E-state index contributed by atoms with van der Waals surface area (Å²) in [6, 6.07) is 6.15. The van der Waals surface area contributed by atoms with Crippen molar-refractivity contribution in [2.75, 3.05) is 0 Å². The highest BCUT2D eigenvalue weighted by molar-refractivity contribution is 5.46. The van der Waals surface area contributed by atoms with Gasteiger partial charge in [-0.2, -0.15) is 0 Å². The van der Waals surface area contributed by atoms with Gasteiger partial charge >= 0.3 is 0 Å². The molecule has 0 heterocycles. The van der Waals surface area contributed by atoms with Gasteiger partial charge in [-0.25, -0.2) is 0 Å². The van der Waals surface area contributed by atoms with Crippen LogP contribution in [0, 0.1) is 0 Å². The van der Waals surface area contributed by atoms with E-state index in [-0.39, 0.29) is 5.41 Å². The molecule has 1 N–H and O–H groups in total. The highest BCUT2D eigenvalue weighted by atomic mass is 16.3. The van der Waals surface area contributed by atoms with Crippen LogP contribution in [0.1, 0.15) is 50.7 Å². The zero-order valence-corrected chi connectivity index (χ0v) is 9.17. The standard InChI is InChI=1S/C13H18O/c1-13(2,3)11-6-4-5-10(12(11)14)9-7-8-9/h4-6,9,14H,7-8H2,1-3H3. The Morgan fingerprint density at radius 1 is 1.21 bits per heavy atom. The van der Waals surface area contributed by atoms with E-state index in [1.54, 1.807) is 0 Å². The van der Waals surface area contributed by atoms with Gasteiger partial charge in [0.1, 0.15) is 5.75 Å². The van der Waals surface area contributed by atoms with Crippen molar-refractivity contribution < 1.29 is 5.11 Å². The highest BCUT2D eigenvalue weighted by Crippen LogP contribution is 2.46. The first kappa shape index (κ1) is 9.57. The second-order valence-corrected chi connectivity index (χ2v) is 5.27. The van der Waals surface area contributed by atoms with Crippen LogP contribution in [-0.4, -0.2) is 5.11 Å². The lowest BCUT2D eigenvalue weighted by Gasteiger charge is -2.21. The van der Waals surface area contributed by atoms with Crippen molar-refractivity contribution in [3.05, 3.63) is 29.3 Å². The van der Waals surface area contributed by atoms with Gasteiger partial charge in [-0.15, -0.1) is 0 Å². The van der Waals surface area contributed by atoms with Gasteiger partial charge in [0.05, 0.1) is 0 Å². The van der Waals surface area contributed by atoms with Gasteiger partial charge in [-0.1, -0.05) is 39.0 Å². The van der Waals surface area contributed by atoms with Crippen LogP contribution < -0.4 is 0 Å². The Kier molecular flexibility index (Phi) is 2.06. The number of benzene rings is 1. The second kappa shape index (κ2) is 3.01. The Hall–Kier alpha value is -0.980. The Morgan fingerprint density at radius 3 is 2.36 bits per heavy atom. The molecule has 1 heteroatoms. The van der Waals surface area contributed by atoms with Crippen molar-refractivity contribution in [3.63, 3.8) is 0 Å². The molecule has 0 bridgehead atoms. The smallest absolute Gasteiger partial charge is 0.122 e. The molecule has 1 nitrogen and oxygen atoms in total. The van der Waals surface area contributed by atoms with Crippen LogP contribution in [0.3, 0.4) is 0 Å². The van der Waals surface area contributed by atoms with E-state index in [4.69, 9.17) is 0 Å². The topological polar surface area (TPSA) is 20.2 Å². The van der Waals surface area contributed by atoms with E-state index in [9.17, 15) is 5.11 Å². The van der Waals surface area contributed by atoms with Crippen LogP contribution in [0.25, 0.3) is 0 Å². The fraction of sp³-hybridized carbons (Fsp3) is 0.538. The lowest BCUT2D eigenvalue weighted by atomic mass is 9.85. The molecule has 0 unspecified atom stereocenters. The number of para-hydroxylation sites is 1. The Morgan fingerprint density at radius 2 is 1.86 bits per heavy atom. The monoisotopic (exact) mass is 190 g/mol. The second-order valence-electron chi connectivity index (χ2n) is 5.27. The Labute approximate surface area is 85.8 Å². The van der Waals surface area contributed by atoms with Crippen LogP contribution in [0.15, 0.2) is 18.2 Å². The van der Waals surface area contributed by atoms with Gasteiger partial charge < -0.3 is 5.11 Å². The summed E-state index contributed by atoms with van der Waals surface area (Å²) in [5.74, 6) is 1.15. The Bertz CT molecular complexity index is 343. The molecule has 0 amide bonds. The maximum Gasteiger partial charge on any atom is 0.122 e. The minimum Gasteiger partial charge on any atom is -0.507 e. The first-order chi connectivity index (χ1) is 6.50. The van der Waals surface area contributed by atoms with Crippen molar-refractivity contribution in [2.45, 2.75) is 44.9 Å². The maximum atomic E-state index is 10.1. The van der Waals surface area contributed by atoms with Crippen LogP contribution in [-0.2, 0) is 5.41 Å². The summed E-state index contributed by atoms with van der Waals surface area (Å²) in [4.78, 5) is 0. The van der Waals surface area contributed by atoms with E-state index >= 15 is 0 Å². The molecule has 76 valence electrons. The molecule has 1 fully saturated rings. The quantitative estimate of drug-likeness (QED) is 0.717. The van der Waals surface area contributed by atoms with Crippen molar-refractivity contribution >= 4 is 0 Å². The van der Waals surface area contributed by atoms with Gasteiger partial charge in [-0.05, 0) is 35.3 Å². The van der Waals surface area contributed by atoms with Crippen molar-refractivity contribution in [3.8, 4) is 5.75 Å². The molecule has 0 radical (unpaired) electrons. The number of phenolic OH excluding ortho intramolecular Hbond substituents is 1. The molecule has 0 spiro atoms. The normalized spacial score (nSPS) is 17.1. The van der Waals surface area contributed by atoms with Gasteiger partial charge in [0.2, 0.25) is 0 Å². The summed E-state index contributed by atoms with van der Waals surface area (Å²) in [6.07, 6.45) is 2.47. The SMILES string of the molecule is CC(C)(C)c1cccc(C2CC2)c1O. The van der Waals surface area contributed by atoms with Gasteiger partial charge in [0.15, 0.2) is 0 Å². The van der Waals surface area contributed by atoms with E-state index in [0.29, 0.717) is 11.7 Å². The minimum absolute atomic E-state index is 0.0367. The zero-order chi connectivity index (χ0) is 10.3. The van der Waals surface area contributed by atoms with Gasteiger partial charge in [0.25, 0.3) is 0 Å². The lowest BCUT2D eigenvalue weighted by molar-refractivity contribution is 0.440. The van der Waals surface area contributed by atoms with Crippen LogP contribution >= 0.6 is 0 Å². The number of rotatable bonds is 1. The molecule has 1 aromatic carbocycles. The summed E-state index contributed by atoms with van der Waals surface area (Å²) < 4.78 is 0. The Balaban J connectivity index is 2.46. The van der Waals surface area contributed by atoms with Crippen molar-refractivity contribution in [1.29, 1.82) is 0 Å². The zero-order valence-electron chi connectivity index (χ0n) is 9.17. The third-order valence-electron chi connectivity index (χ3n) is 2.89. The summed E-state index contributed by atoms with van der Waals surface area (Å²) in [6.45, 7) is 6.41. The summed E-state index contributed by atoms with van der Waals surface area (Å²) in [5.41, 5.74) is 2.26. The molecule has 0 saturated heterocycles. The molecule has 2 rings (SSSR count). The summed E-state index contributed by atoms with van der Waals surface area (Å²) in [7, 11) is 0. The van der Waals surface area contributed by atoms with Gasteiger partial charge in [-0.3, -0.25) is 0 Å². The predicted octanol–water partition coefficient (Wildman–Crippen LogP) is 3.57. The van der Waals surface area contributed by atoms with E-state index in [2.05, 4.69) is 32.9 Å². The molecule has 0 atom stereocenters. The first-order valence-electron chi connectivity index (χ1n) is 5.32. The van der Waals surface area contributed by atoms with E-state index in [1.165, 1.54) is 12.8 Å². The summed E-state index contributed by atoms with van der Waals surface area (Å²) in [5, 5.41) is 10.1. The molecule has 14 heavy (non-hydrogen) atoms.